The molecule has 0 aliphatic carbocycles. The van der Waals surface area contributed by atoms with E-state index >= 15 is 0 Å². The fourth-order valence-corrected chi connectivity index (χ4v) is 3.54. The SMILES string of the molecule is COc1cc2c(cc1OC)[C@H](CCc1ccccc1C(F)(F)F)NCC2. The summed E-state index contributed by atoms with van der Waals surface area (Å²) in [7, 11) is 3.17. The minimum Gasteiger partial charge on any atom is -0.493 e. The zero-order chi connectivity index (χ0) is 18.7. The molecule has 1 heterocycles. The number of aryl methyl sites for hydroxylation is 1. The topological polar surface area (TPSA) is 30.5 Å². The lowest BCUT2D eigenvalue weighted by Crippen LogP contribution is -2.30. The molecule has 0 radical (unpaired) electrons. The van der Waals surface area contributed by atoms with Gasteiger partial charge in [-0.1, -0.05) is 18.2 Å². The van der Waals surface area contributed by atoms with Crippen LogP contribution in [0.3, 0.4) is 0 Å². The molecule has 2 aromatic rings. The van der Waals surface area contributed by atoms with Crippen molar-refractivity contribution in [2.45, 2.75) is 31.5 Å². The summed E-state index contributed by atoms with van der Waals surface area (Å²) < 4.78 is 50.3. The zero-order valence-corrected chi connectivity index (χ0v) is 14.8. The highest BCUT2D eigenvalue weighted by Crippen LogP contribution is 2.37. The van der Waals surface area contributed by atoms with Crippen molar-refractivity contribution in [3.8, 4) is 11.5 Å². The molecule has 1 aliphatic rings. The maximum absolute atomic E-state index is 13.2. The van der Waals surface area contributed by atoms with Gasteiger partial charge >= 0.3 is 6.18 Å². The summed E-state index contributed by atoms with van der Waals surface area (Å²) in [5, 5.41) is 3.41. The van der Waals surface area contributed by atoms with Crippen LogP contribution in [0.4, 0.5) is 13.2 Å². The Morgan fingerprint density at radius 1 is 1.08 bits per heavy atom. The molecule has 1 atom stereocenters. The van der Waals surface area contributed by atoms with Gasteiger partial charge in [-0.15, -0.1) is 0 Å². The molecule has 1 N–H and O–H groups in total. The predicted octanol–water partition coefficient (Wildman–Crippen LogP) is 4.54. The van der Waals surface area contributed by atoms with Crippen LogP contribution in [-0.4, -0.2) is 20.8 Å². The third-order valence-corrected chi connectivity index (χ3v) is 4.83. The average Bonchev–Trinajstić information content (AvgIpc) is 2.64. The molecule has 0 saturated heterocycles. The Kier molecular flexibility index (Phi) is 5.41. The Balaban J connectivity index is 1.84. The lowest BCUT2D eigenvalue weighted by Gasteiger charge is -2.28. The van der Waals surface area contributed by atoms with Crippen molar-refractivity contribution in [2.24, 2.45) is 0 Å². The monoisotopic (exact) mass is 365 g/mol. The lowest BCUT2D eigenvalue weighted by atomic mass is 9.89. The van der Waals surface area contributed by atoms with Crippen LogP contribution in [0.5, 0.6) is 11.5 Å². The van der Waals surface area contributed by atoms with E-state index in [-0.39, 0.29) is 6.04 Å². The molecule has 0 fully saturated rings. The van der Waals surface area contributed by atoms with Crippen molar-refractivity contribution in [1.82, 2.24) is 5.32 Å². The normalized spacial score (nSPS) is 16.9. The number of fused-ring (bicyclic) bond motifs is 1. The molecule has 26 heavy (non-hydrogen) atoms. The molecule has 140 valence electrons. The summed E-state index contributed by atoms with van der Waals surface area (Å²) in [4.78, 5) is 0. The fraction of sp³-hybridized carbons (Fsp3) is 0.400. The summed E-state index contributed by atoms with van der Waals surface area (Å²) in [5.74, 6) is 1.31. The van der Waals surface area contributed by atoms with Gasteiger partial charge in [-0.25, -0.2) is 0 Å². The summed E-state index contributed by atoms with van der Waals surface area (Å²) in [5.41, 5.74) is 1.99. The van der Waals surface area contributed by atoms with Gasteiger partial charge in [-0.2, -0.15) is 13.2 Å². The Labute approximate surface area is 151 Å². The lowest BCUT2D eigenvalue weighted by molar-refractivity contribution is -0.138. The number of nitrogens with one attached hydrogen (secondary N) is 1. The van der Waals surface area contributed by atoms with E-state index in [0.29, 0.717) is 29.9 Å². The maximum atomic E-state index is 13.2. The van der Waals surface area contributed by atoms with Crippen molar-refractivity contribution in [1.29, 1.82) is 0 Å². The van der Waals surface area contributed by atoms with Crippen LogP contribution in [0, 0.1) is 0 Å². The van der Waals surface area contributed by atoms with Crippen molar-refractivity contribution in [2.75, 3.05) is 20.8 Å². The molecule has 0 aromatic heterocycles. The van der Waals surface area contributed by atoms with E-state index < -0.39 is 11.7 Å². The first kappa shape index (κ1) is 18.6. The third-order valence-electron chi connectivity index (χ3n) is 4.83. The van der Waals surface area contributed by atoms with Gasteiger partial charge < -0.3 is 14.8 Å². The first-order valence-corrected chi connectivity index (χ1v) is 8.57. The van der Waals surface area contributed by atoms with Crippen LogP contribution < -0.4 is 14.8 Å². The molecule has 0 bridgehead atoms. The van der Waals surface area contributed by atoms with Crippen molar-refractivity contribution in [3.63, 3.8) is 0 Å². The summed E-state index contributed by atoms with van der Waals surface area (Å²) in [6.07, 6.45) is -2.55. The zero-order valence-electron chi connectivity index (χ0n) is 14.8. The summed E-state index contributed by atoms with van der Waals surface area (Å²) >= 11 is 0. The van der Waals surface area contributed by atoms with E-state index in [1.54, 1.807) is 26.4 Å². The van der Waals surface area contributed by atoms with Crippen LogP contribution in [-0.2, 0) is 19.0 Å². The number of hydrogen-bond donors (Lipinski definition) is 1. The van der Waals surface area contributed by atoms with E-state index in [9.17, 15) is 13.2 Å². The predicted molar refractivity (Wildman–Crippen MR) is 93.8 cm³/mol. The second-order valence-corrected chi connectivity index (χ2v) is 6.36. The maximum Gasteiger partial charge on any atom is 0.416 e. The molecular formula is C20H22F3NO2. The van der Waals surface area contributed by atoms with Crippen molar-refractivity contribution < 1.29 is 22.6 Å². The number of benzene rings is 2. The van der Waals surface area contributed by atoms with Gasteiger partial charge in [-0.05, 0) is 60.7 Å². The molecule has 0 spiro atoms. The van der Waals surface area contributed by atoms with Gasteiger partial charge in [0.2, 0.25) is 0 Å². The number of alkyl halides is 3. The van der Waals surface area contributed by atoms with Crippen LogP contribution in [0.15, 0.2) is 36.4 Å². The van der Waals surface area contributed by atoms with Crippen LogP contribution >= 0.6 is 0 Å². The Bertz CT molecular complexity index is 774. The molecule has 6 heteroatoms. The number of ether oxygens (including phenoxy) is 2. The van der Waals surface area contributed by atoms with Gasteiger partial charge in [0.1, 0.15) is 0 Å². The van der Waals surface area contributed by atoms with Gasteiger partial charge in [0.05, 0.1) is 19.8 Å². The fourth-order valence-electron chi connectivity index (χ4n) is 3.54. The summed E-state index contributed by atoms with van der Waals surface area (Å²) in [6.45, 7) is 0.786. The number of halogens is 3. The second kappa shape index (κ2) is 7.58. The molecule has 0 saturated carbocycles. The second-order valence-electron chi connectivity index (χ2n) is 6.36. The van der Waals surface area contributed by atoms with Crippen LogP contribution in [0.2, 0.25) is 0 Å². The van der Waals surface area contributed by atoms with Gasteiger partial charge in [0, 0.05) is 6.04 Å². The van der Waals surface area contributed by atoms with Crippen molar-refractivity contribution >= 4 is 0 Å². The van der Waals surface area contributed by atoms with Gasteiger partial charge in [0.15, 0.2) is 11.5 Å². The van der Waals surface area contributed by atoms with Crippen LogP contribution in [0.1, 0.15) is 34.7 Å². The molecule has 0 amide bonds. The van der Waals surface area contributed by atoms with Crippen LogP contribution in [0.25, 0.3) is 0 Å². The standard InChI is InChI=1S/C20H22F3NO2/c1-25-18-11-14-9-10-24-17(15(14)12-19(18)26-2)8-7-13-5-3-4-6-16(13)20(21,22)23/h3-6,11-12,17,24H,7-10H2,1-2H3/t17-/m0/s1. The van der Waals surface area contributed by atoms with E-state index in [0.717, 1.165) is 30.2 Å². The molecule has 1 aliphatic heterocycles. The molecular weight excluding hydrogens is 343 g/mol. The minimum atomic E-state index is -4.33. The highest BCUT2D eigenvalue weighted by Gasteiger charge is 2.33. The Hall–Kier alpha value is -2.21. The molecule has 2 aromatic carbocycles. The third kappa shape index (κ3) is 3.80. The largest absolute Gasteiger partial charge is 0.493 e. The average molecular weight is 365 g/mol. The van der Waals surface area contributed by atoms with E-state index in [4.69, 9.17) is 9.47 Å². The Morgan fingerprint density at radius 2 is 1.77 bits per heavy atom. The van der Waals surface area contributed by atoms with Gasteiger partial charge in [0.25, 0.3) is 0 Å². The quantitative estimate of drug-likeness (QED) is 0.844. The summed E-state index contributed by atoms with van der Waals surface area (Å²) in [6, 6.07) is 9.66. The highest BCUT2D eigenvalue weighted by molar-refractivity contribution is 5.49. The first-order valence-electron chi connectivity index (χ1n) is 8.57. The minimum absolute atomic E-state index is 0.0140. The Morgan fingerprint density at radius 3 is 2.46 bits per heavy atom. The molecule has 0 unspecified atom stereocenters. The van der Waals surface area contributed by atoms with E-state index in [1.807, 2.05) is 12.1 Å². The number of methoxy groups -OCH3 is 2. The van der Waals surface area contributed by atoms with Crippen molar-refractivity contribution in [3.05, 3.63) is 58.7 Å². The first-order chi connectivity index (χ1) is 12.4. The smallest absolute Gasteiger partial charge is 0.416 e. The highest BCUT2D eigenvalue weighted by atomic mass is 19.4. The van der Waals surface area contributed by atoms with Gasteiger partial charge in [-0.3, -0.25) is 0 Å². The van der Waals surface area contributed by atoms with E-state index in [1.165, 1.54) is 6.07 Å². The molecule has 3 nitrogen and oxygen atoms in total. The molecule has 3 rings (SSSR count). The number of hydrogen-bond acceptors (Lipinski definition) is 3. The number of rotatable bonds is 5. The van der Waals surface area contributed by atoms with E-state index in [2.05, 4.69) is 5.32 Å².